The van der Waals surface area contributed by atoms with Crippen molar-refractivity contribution < 1.29 is 0 Å². The normalized spacial score (nSPS) is 42.3. The molecule has 34 valence electrons. The van der Waals surface area contributed by atoms with Crippen molar-refractivity contribution >= 4 is 6.21 Å². The summed E-state index contributed by atoms with van der Waals surface area (Å²) in [6.07, 6.45) is 2.77. The zero-order valence-electron chi connectivity index (χ0n) is 3.81. The standard InChI is InChI=1S/C4H8N2/c1-4(5)2-3-6-4/h3H,2,5H2,1H3. The average Bonchev–Trinajstić information content (AvgIpc) is 1.32. The fourth-order valence-electron chi connectivity index (χ4n) is 0.379. The molecule has 0 saturated heterocycles. The van der Waals surface area contributed by atoms with Crippen molar-refractivity contribution in [1.82, 2.24) is 0 Å². The van der Waals surface area contributed by atoms with Crippen molar-refractivity contribution in [1.29, 1.82) is 0 Å². The minimum Gasteiger partial charge on any atom is -0.307 e. The van der Waals surface area contributed by atoms with Crippen molar-refractivity contribution in [2.75, 3.05) is 0 Å². The first-order valence-corrected chi connectivity index (χ1v) is 2.03. The van der Waals surface area contributed by atoms with E-state index >= 15 is 0 Å². The molecule has 0 aromatic rings. The molecule has 0 amide bonds. The third kappa shape index (κ3) is 0.431. The van der Waals surface area contributed by atoms with Crippen LogP contribution in [-0.2, 0) is 0 Å². The zero-order chi connectivity index (χ0) is 4.62. The highest BCUT2D eigenvalue weighted by atomic mass is 15.0. The fourth-order valence-corrected chi connectivity index (χ4v) is 0.379. The van der Waals surface area contributed by atoms with Gasteiger partial charge in [0, 0.05) is 12.6 Å². The van der Waals surface area contributed by atoms with Crippen LogP contribution in [0.25, 0.3) is 0 Å². The first-order chi connectivity index (χ1) is 2.71. The molecule has 0 saturated carbocycles. The Hall–Kier alpha value is -0.370. The minimum atomic E-state index is -0.208. The van der Waals surface area contributed by atoms with Crippen LogP contribution in [0.2, 0.25) is 0 Å². The summed E-state index contributed by atoms with van der Waals surface area (Å²) in [5.41, 5.74) is 5.22. The number of hydrogen-bond donors (Lipinski definition) is 1. The van der Waals surface area contributed by atoms with Gasteiger partial charge in [0.05, 0.1) is 0 Å². The van der Waals surface area contributed by atoms with E-state index in [0.717, 1.165) is 6.42 Å². The summed E-state index contributed by atoms with van der Waals surface area (Å²) < 4.78 is 0. The number of nitrogens with two attached hydrogens (primary N) is 1. The van der Waals surface area contributed by atoms with Crippen LogP contribution in [0.4, 0.5) is 0 Å². The summed E-state index contributed by atoms with van der Waals surface area (Å²) in [5, 5.41) is 0. The summed E-state index contributed by atoms with van der Waals surface area (Å²) in [6, 6.07) is 0. The summed E-state index contributed by atoms with van der Waals surface area (Å²) in [7, 11) is 0. The Kier molecular flexibility index (Phi) is 0.520. The average molecular weight is 84.1 g/mol. The highest BCUT2D eigenvalue weighted by molar-refractivity contribution is 5.65. The molecule has 2 heteroatoms. The van der Waals surface area contributed by atoms with Gasteiger partial charge >= 0.3 is 0 Å². The smallest absolute Gasteiger partial charge is 0.109 e. The van der Waals surface area contributed by atoms with Gasteiger partial charge in [-0.3, -0.25) is 4.99 Å². The van der Waals surface area contributed by atoms with E-state index in [0.29, 0.717) is 0 Å². The zero-order valence-corrected chi connectivity index (χ0v) is 3.81. The Bertz CT molecular complexity index is 83.5. The second-order valence-corrected chi connectivity index (χ2v) is 1.87. The first kappa shape index (κ1) is 3.81. The molecule has 0 aromatic carbocycles. The molecule has 1 aliphatic rings. The second-order valence-electron chi connectivity index (χ2n) is 1.87. The van der Waals surface area contributed by atoms with Crippen molar-refractivity contribution in [3.63, 3.8) is 0 Å². The van der Waals surface area contributed by atoms with Gasteiger partial charge in [-0.1, -0.05) is 0 Å². The molecular weight excluding hydrogens is 76.1 g/mol. The lowest BCUT2D eigenvalue weighted by Gasteiger charge is -2.23. The molecule has 0 spiro atoms. The van der Waals surface area contributed by atoms with E-state index in [-0.39, 0.29) is 5.66 Å². The number of nitrogens with zero attached hydrogens (tertiary/aromatic N) is 1. The molecule has 0 fully saturated rings. The van der Waals surface area contributed by atoms with Gasteiger partial charge in [0.15, 0.2) is 0 Å². The summed E-state index contributed by atoms with van der Waals surface area (Å²) in [4.78, 5) is 3.85. The molecule has 0 bridgehead atoms. The third-order valence-electron chi connectivity index (χ3n) is 0.891. The van der Waals surface area contributed by atoms with Crippen LogP contribution in [0.5, 0.6) is 0 Å². The lowest BCUT2D eigenvalue weighted by molar-refractivity contribution is 0.479. The lowest BCUT2D eigenvalue weighted by Crippen LogP contribution is -2.40. The first-order valence-electron chi connectivity index (χ1n) is 2.03. The van der Waals surface area contributed by atoms with Gasteiger partial charge in [-0.25, -0.2) is 0 Å². The van der Waals surface area contributed by atoms with Gasteiger partial charge in [0.25, 0.3) is 0 Å². The maximum absolute atomic E-state index is 5.42. The number of hydrogen-bond acceptors (Lipinski definition) is 2. The Morgan fingerprint density at radius 2 is 2.33 bits per heavy atom. The van der Waals surface area contributed by atoms with Gasteiger partial charge in [-0.2, -0.15) is 0 Å². The van der Waals surface area contributed by atoms with Gasteiger partial charge < -0.3 is 5.73 Å². The maximum Gasteiger partial charge on any atom is 0.109 e. The van der Waals surface area contributed by atoms with E-state index in [1.54, 1.807) is 0 Å². The summed E-state index contributed by atoms with van der Waals surface area (Å²) in [6.45, 7) is 1.91. The quantitative estimate of drug-likeness (QED) is 0.445. The van der Waals surface area contributed by atoms with E-state index < -0.39 is 0 Å². The summed E-state index contributed by atoms with van der Waals surface area (Å²) in [5.74, 6) is 0. The van der Waals surface area contributed by atoms with E-state index in [1.165, 1.54) is 0 Å². The van der Waals surface area contributed by atoms with Crippen LogP contribution in [0, 0.1) is 0 Å². The van der Waals surface area contributed by atoms with Gasteiger partial charge in [-0.15, -0.1) is 0 Å². The molecule has 1 heterocycles. The van der Waals surface area contributed by atoms with E-state index in [9.17, 15) is 0 Å². The van der Waals surface area contributed by atoms with Crippen molar-refractivity contribution in [3.05, 3.63) is 0 Å². The molecule has 1 unspecified atom stereocenters. The topological polar surface area (TPSA) is 38.4 Å². The SMILES string of the molecule is CC1(N)CC=N1. The van der Waals surface area contributed by atoms with Crippen LogP contribution in [-0.4, -0.2) is 11.9 Å². The third-order valence-corrected chi connectivity index (χ3v) is 0.891. The van der Waals surface area contributed by atoms with Gasteiger partial charge in [-0.05, 0) is 6.92 Å². The van der Waals surface area contributed by atoms with Crippen LogP contribution in [0.15, 0.2) is 4.99 Å². The Balaban J connectivity index is 2.57. The van der Waals surface area contributed by atoms with Gasteiger partial charge in [0.2, 0.25) is 0 Å². The van der Waals surface area contributed by atoms with Crippen molar-refractivity contribution in [2.45, 2.75) is 19.0 Å². The molecule has 1 atom stereocenters. The monoisotopic (exact) mass is 84.1 g/mol. The predicted octanol–water partition coefficient (Wildman–Crippen LogP) is 0.136. The van der Waals surface area contributed by atoms with Crippen molar-refractivity contribution in [3.8, 4) is 0 Å². The highest BCUT2D eigenvalue weighted by Crippen LogP contribution is 2.12. The molecule has 0 radical (unpaired) electrons. The molecular formula is C4H8N2. The van der Waals surface area contributed by atoms with E-state index in [2.05, 4.69) is 4.99 Å². The predicted molar refractivity (Wildman–Crippen MR) is 25.7 cm³/mol. The number of rotatable bonds is 0. The molecule has 1 rings (SSSR count). The van der Waals surface area contributed by atoms with Crippen LogP contribution >= 0.6 is 0 Å². The van der Waals surface area contributed by atoms with Crippen LogP contribution < -0.4 is 5.73 Å². The maximum atomic E-state index is 5.42. The fraction of sp³-hybridized carbons (Fsp3) is 0.750. The second kappa shape index (κ2) is 0.819. The van der Waals surface area contributed by atoms with Crippen LogP contribution in [0.1, 0.15) is 13.3 Å². The van der Waals surface area contributed by atoms with Gasteiger partial charge in [0.1, 0.15) is 5.66 Å². The molecule has 0 aromatic heterocycles. The molecule has 1 aliphatic heterocycles. The molecule has 0 aliphatic carbocycles. The Morgan fingerprint density at radius 1 is 2.00 bits per heavy atom. The number of aliphatic imine (C=N–C) groups is 1. The lowest BCUT2D eigenvalue weighted by atomic mass is 10.1. The Labute approximate surface area is 37.1 Å². The van der Waals surface area contributed by atoms with E-state index in [1.807, 2.05) is 13.1 Å². The highest BCUT2D eigenvalue weighted by Gasteiger charge is 2.19. The van der Waals surface area contributed by atoms with Crippen molar-refractivity contribution in [2.24, 2.45) is 10.7 Å². The largest absolute Gasteiger partial charge is 0.307 e. The molecule has 2 N–H and O–H groups in total. The van der Waals surface area contributed by atoms with E-state index in [4.69, 9.17) is 5.73 Å². The molecule has 2 nitrogen and oxygen atoms in total. The van der Waals surface area contributed by atoms with Crippen LogP contribution in [0.3, 0.4) is 0 Å². The summed E-state index contributed by atoms with van der Waals surface area (Å²) >= 11 is 0. The molecule has 6 heavy (non-hydrogen) atoms. The Morgan fingerprint density at radius 3 is 2.33 bits per heavy atom. The minimum absolute atomic E-state index is 0.208.